The number of fused-ring (bicyclic) bond motifs is 1. The molecule has 0 spiro atoms. The second-order valence-corrected chi connectivity index (χ2v) is 7.96. The van der Waals surface area contributed by atoms with Crippen molar-refractivity contribution in [3.63, 3.8) is 0 Å². The third kappa shape index (κ3) is 3.30. The van der Waals surface area contributed by atoms with Crippen LogP contribution >= 0.6 is 0 Å². The number of carboxylic acid groups (broad SMARTS) is 1. The lowest BCUT2D eigenvalue weighted by atomic mass is 9.72. The van der Waals surface area contributed by atoms with Crippen molar-refractivity contribution in [2.45, 2.75) is 72.0 Å². The SMILES string of the molecule is Cc1nnc2n1CC(C(=O)O)N(C(=O)CC1CCC(C)(C)CC1)C2. The fourth-order valence-electron chi connectivity index (χ4n) is 3.81. The van der Waals surface area contributed by atoms with Gasteiger partial charge in [-0.15, -0.1) is 10.2 Å². The van der Waals surface area contributed by atoms with Crippen LogP contribution in [-0.4, -0.2) is 42.7 Å². The molecule has 7 heteroatoms. The van der Waals surface area contributed by atoms with Gasteiger partial charge >= 0.3 is 5.97 Å². The molecule has 1 amide bonds. The van der Waals surface area contributed by atoms with Gasteiger partial charge in [0.15, 0.2) is 5.82 Å². The minimum Gasteiger partial charge on any atom is -0.480 e. The molecular weight excluding hydrogens is 308 g/mol. The number of carboxylic acids is 1. The Hall–Kier alpha value is -1.92. The van der Waals surface area contributed by atoms with Crippen molar-refractivity contribution in [1.82, 2.24) is 19.7 Å². The maximum Gasteiger partial charge on any atom is 0.328 e. The quantitative estimate of drug-likeness (QED) is 0.913. The molecule has 1 saturated carbocycles. The largest absolute Gasteiger partial charge is 0.480 e. The van der Waals surface area contributed by atoms with E-state index in [9.17, 15) is 14.7 Å². The number of carbonyl (C=O) groups is 2. The number of hydrogen-bond acceptors (Lipinski definition) is 4. The van der Waals surface area contributed by atoms with Gasteiger partial charge in [-0.1, -0.05) is 13.8 Å². The van der Waals surface area contributed by atoms with Crippen LogP contribution in [-0.2, 0) is 22.7 Å². The molecule has 0 bridgehead atoms. The summed E-state index contributed by atoms with van der Waals surface area (Å²) in [5.41, 5.74) is 0.363. The average Bonchev–Trinajstić information content (AvgIpc) is 2.89. The summed E-state index contributed by atoms with van der Waals surface area (Å²) in [4.78, 5) is 25.9. The topological polar surface area (TPSA) is 88.3 Å². The lowest BCUT2D eigenvalue weighted by Gasteiger charge is -2.37. The van der Waals surface area contributed by atoms with Crippen molar-refractivity contribution in [3.05, 3.63) is 11.6 Å². The molecule has 1 atom stereocenters. The lowest BCUT2D eigenvalue weighted by molar-refractivity contribution is -0.153. The van der Waals surface area contributed by atoms with Gasteiger partial charge in [0.1, 0.15) is 11.9 Å². The number of aliphatic carboxylic acids is 1. The van der Waals surface area contributed by atoms with Crippen LogP contribution in [0.5, 0.6) is 0 Å². The summed E-state index contributed by atoms with van der Waals surface area (Å²) in [6.45, 7) is 6.80. The number of carbonyl (C=O) groups excluding carboxylic acids is 1. The molecule has 2 aliphatic rings. The van der Waals surface area contributed by atoms with Gasteiger partial charge in [-0.05, 0) is 43.9 Å². The molecule has 1 unspecified atom stereocenters. The van der Waals surface area contributed by atoms with Gasteiger partial charge in [0.05, 0.1) is 13.1 Å². The van der Waals surface area contributed by atoms with E-state index in [2.05, 4.69) is 24.0 Å². The minimum atomic E-state index is -0.966. The van der Waals surface area contributed by atoms with Crippen molar-refractivity contribution in [1.29, 1.82) is 0 Å². The minimum absolute atomic E-state index is 0.0704. The molecule has 1 fully saturated rings. The van der Waals surface area contributed by atoms with Crippen LogP contribution in [0.1, 0.15) is 57.6 Å². The Morgan fingerprint density at radius 3 is 2.54 bits per heavy atom. The summed E-state index contributed by atoms with van der Waals surface area (Å²) in [7, 11) is 0. The summed E-state index contributed by atoms with van der Waals surface area (Å²) in [5.74, 6) is 0.688. The second-order valence-electron chi connectivity index (χ2n) is 7.96. The molecule has 3 rings (SSSR count). The summed E-state index contributed by atoms with van der Waals surface area (Å²) in [6.07, 6.45) is 4.77. The molecule has 2 heterocycles. The Labute approximate surface area is 142 Å². The first-order chi connectivity index (χ1) is 11.3. The molecule has 1 aliphatic carbocycles. The van der Waals surface area contributed by atoms with Crippen LogP contribution in [0.3, 0.4) is 0 Å². The highest BCUT2D eigenvalue weighted by Gasteiger charge is 2.37. The van der Waals surface area contributed by atoms with E-state index in [0.717, 1.165) is 25.7 Å². The summed E-state index contributed by atoms with van der Waals surface area (Å²) < 4.78 is 1.80. The van der Waals surface area contributed by atoms with Crippen LogP contribution in [0.2, 0.25) is 0 Å². The van der Waals surface area contributed by atoms with Gasteiger partial charge in [0, 0.05) is 6.42 Å². The van der Waals surface area contributed by atoms with E-state index in [1.165, 1.54) is 4.90 Å². The summed E-state index contributed by atoms with van der Waals surface area (Å²) in [5, 5.41) is 17.6. The predicted molar refractivity (Wildman–Crippen MR) is 87.1 cm³/mol. The number of aryl methyl sites for hydroxylation is 1. The summed E-state index contributed by atoms with van der Waals surface area (Å²) >= 11 is 0. The van der Waals surface area contributed by atoms with Gasteiger partial charge in [0.2, 0.25) is 5.91 Å². The third-order valence-electron chi connectivity index (χ3n) is 5.58. The molecule has 0 saturated heterocycles. The molecule has 1 aromatic heterocycles. The van der Waals surface area contributed by atoms with Gasteiger partial charge in [-0.2, -0.15) is 0 Å². The van der Waals surface area contributed by atoms with Crippen molar-refractivity contribution < 1.29 is 14.7 Å². The molecule has 24 heavy (non-hydrogen) atoms. The van der Waals surface area contributed by atoms with Crippen molar-refractivity contribution in [2.24, 2.45) is 11.3 Å². The van der Waals surface area contributed by atoms with Crippen molar-refractivity contribution in [3.8, 4) is 0 Å². The Morgan fingerprint density at radius 1 is 1.25 bits per heavy atom. The van der Waals surface area contributed by atoms with Gasteiger partial charge in [-0.25, -0.2) is 4.79 Å². The molecule has 0 aromatic carbocycles. The van der Waals surface area contributed by atoms with Crippen LogP contribution in [0.4, 0.5) is 0 Å². The molecule has 0 radical (unpaired) electrons. The highest BCUT2D eigenvalue weighted by Crippen LogP contribution is 2.39. The predicted octanol–water partition coefficient (Wildman–Crippen LogP) is 1.99. The molecule has 1 N–H and O–H groups in total. The van der Waals surface area contributed by atoms with E-state index >= 15 is 0 Å². The highest BCUT2D eigenvalue weighted by molar-refractivity contribution is 5.84. The highest BCUT2D eigenvalue weighted by atomic mass is 16.4. The number of rotatable bonds is 3. The van der Waals surface area contributed by atoms with E-state index in [1.807, 2.05) is 0 Å². The van der Waals surface area contributed by atoms with Crippen molar-refractivity contribution >= 4 is 11.9 Å². The average molecular weight is 334 g/mol. The second kappa shape index (κ2) is 6.18. The summed E-state index contributed by atoms with van der Waals surface area (Å²) in [6, 6.07) is -0.834. The van der Waals surface area contributed by atoms with Crippen LogP contribution in [0.15, 0.2) is 0 Å². The zero-order valence-corrected chi connectivity index (χ0v) is 14.7. The maximum atomic E-state index is 12.8. The number of aromatic nitrogens is 3. The molecule has 1 aliphatic heterocycles. The first-order valence-corrected chi connectivity index (χ1v) is 8.68. The number of hydrogen-bond donors (Lipinski definition) is 1. The number of nitrogens with zero attached hydrogens (tertiary/aromatic N) is 4. The zero-order valence-electron chi connectivity index (χ0n) is 14.7. The zero-order chi connectivity index (χ0) is 17.5. The Morgan fingerprint density at radius 2 is 1.92 bits per heavy atom. The smallest absolute Gasteiger partial charge is 0.328 e. The molecular formula is C17H26N4O3. The van der Waals surface area contributed by atoms with Gasteiger partial charge in [0.25, 0.3) is 0 Å². The normalized spacial score (nSPS) is 23.8. The van der Waals surface area contributed by atoms with E-state index in [-0.39, 0.29) is 19.0 Å². The monoisotopic (exact) mass is 334 g/mol. The van der Waals surface area contributed by atoms with Crippen molar-refractivity contribution in [2.75, 3.05) is 0 Å². The van der Waals surface area contributed by atoms with Gasteiger partial charge < -0.3 is 14.6 Å². The van der Waals surface area contributed by atoms with E-state index in [1.54, 1.807) is 11.5 Å². The fraction of sp³-hybridized carbons (Fsp3) is 0.765. The van der Waals surface area contributed by atoms with E-state index in [0.29, 0.717) is 29.4 Å². The van der Waals surface area contributed by atoms with E-state index < -0.39 is 12.0 Å². The van der Waals surface area contributed by atoms with Crippen LogP contribution in [0.25, 0.3) is 0 Å². The lowest BCUT2D eigenvalue weighted by Crippen LogP contribution is -2.51. The fourth-order valence-corrected chi connectivity index (χ4v) is 3.81. The van der Waals surface area contributed by atoms with Crippen LogP contribution < -0.4 is 0 Å². The third-order valence-corrected chi connectivity index (χ3v) is 5.58. The van der Waals surface area contributed by atoms with Gasteiger partial charge in [-0.3, -0.25) is 4.79 Å². The number of amides is 1. The Kier molecular flexibility index (Phi) is 4.36. The van der Waals surface area contributed by atoms with E-state index in [4.69, 9.17) is 0 Å². The molecule has 132 valence electrons. The Bertz CT molecular complexity index is 642. The molecule has 1 aromatic rings. The van der Waals surface area contributed by atoms with Crippen LogP contribution in [0, 0.1) is 18.3 Å². The Balaban J connectivity index is 1.70. The molecule has 7 nitrogen and oxygen atoms in total. The maximum absolute atomic E-state index is 12.8. The first kappa shape index (κ1) is 16.9. The standard InChI is InChI=1S/C17H26N4O3/c1-11-18-19-14-10-21(13(16(23)24)9-20(11)14)15(22)8-12-4-6-17(2,3)7-5-12/h12-13H,4-10H2,1-3H3,(H,23,24). The first-order valence-electron chi connectivity index (χ1n) is 8.68.